The molecule has 0 bridgehead atoms. The third-order valence-corrected chi connectivity index (χ3v) is 5.12. The van der Waals surface area contributed by atoms with Crippen LogP contribution < -0.4 is 5.32 Å². The van der Waals surface area contributed by atoms with Crippen LogP contribution in [0.5, 0.6) is 0 Å². The first-order valence-electron chi connectivity index (χ1n) is 7.68. The van der Waals surface area contributed by atoms with Crippen molar-refractivity contribution < 1.29 is 19.5 Å². The fraction of sp³-hybridized carbons (Fsp3) is 0.294. The van der Waals surface area contributed by atoms with Crippen LogP contribution in [0.25, 0.3) is 6.08 Å². The van der Waals surface area contributed by atoms with Gasteiger partial charge in [0, 0.05) is 12.6 Å². The maximum Gasteiger partial charge on any atom is 0.326 e. The number of carbonyl (C=O) groups excluding carboxylic acids is 2. The molecule has 1 saturated heterocycles. The van der Waals surface area contributed by atoms with Crippen molar-refractivity contribution in [3.05, 3.63) is 40.3 Å². The van der Waals surface area contributed by atoms with Gasteiger partial charge in [-0.1, -0.05) is 49.5 Å². The zero-order chi connectivity index (χ0) is 18.6. The van der Waals surface area contributed by atoms with E-state index in [2.05, 4.69) is 5.32 Å². The maximum atomic E-state index is 12.2. The molecule has 2 rings (SSSR count). The molecular weight excluding hydrogens is 360 g/mol. The Hall–Kier alpha value is -2.19. The summed E-state index contributed by atoms with van der Waals surface area (Å²) in [5.74, 6) is -1.64. The Labute approximate surface area is 155 Å². The first kappa shape index (κ1) is 19.1. The predicted molar refractivity (Wildman–Crippen MR) is 101 cm³/mol. The van der Waals surface area contributed by atoms with Crippen molar-refractivity contribution in [2.75, 3.05) is 7.05 Å². The molecular formula is C17H18N2O4S2. The van der Waals surface area contributed by atoms with Crippen LogP contribution in [-0.4, -0.2) is 45.2 Å². The van der Waals surface area contributed by atoms with Gasteiger partial charge in [0.05, 0.1) is 4.91 Å². The number of thioether (sulfide) groups is 1. The van der Waals surface area contributed by atoms with Crippen LogP contribution in [0.2, 0.25) is 0 Å². The van der Waals surface area contributed by atoms with Gasteiger partial charge in [-0.05, 0) is 30.2 Å². The molecule has 1 atom stereocenters. The number of aliphatic carboxylic acids is 1. The number of carboxylic acids is 1. The molecule has 1 fully saturated rings. The van der Waals surface area contributed by atoms with Crippen molar-refractivity contribution >= 4 is 52.2 Å². The summed E-state index contributed by atoms with van der Waals surface area (Å²) >= 11 is 6.30. The summed E-state index contributed by atoms with van der Waals surface area (Å²) in [4.78, 5) is 37.2. The molecule has 132 valence electrons. The lowest BCUT2D eigenvalue weighted by molar-refractivity contribution is -0.139. The van der Waals surface area contributed by atoms with Crippen LogP contribution in [0.4, 0.5) is 0 Å². The molecule has 1 aliphatic heterocycles. The van der Waals surface area contributed by atoms with Crippen LogP contribution in [-0.2, 0) is 9.59 Å². The summed E-state index contributed by atoms with van der Waals surface area (Å²) in [6, 6.07) is 5.69. The number of nitrogens with zero attached hydrogens (tertiary/aromatic N) is 1. The number of hydrogen-bond acceptors (Lipinski definition) is 5. The number of likely N-dealkylation sites (N-methyl/N-ethyl adjacent to an activating group) is 1. The molecule has 0 radical (unpaired) electrons. The number of thiocarbonyl (C=S) groups is 1. The fourth-order valence-electron chi connectivity index (χ4n) is 2.22. The minimum absolute atomic E-state index is 0.152. The molecule has 1 aromatic carbocycles. The van der Waals surface area contributed by atoms with Gasteiger partial charge in [0.2, 0.25) is 0 Å². The molecule has 0 spiro atoms. The average Bonchev–Trinajstić information content (AvgIpc) is 2.82. The second-order valence-electron chi connectivity index (χ2n) is 5.52. The zero-order valence-corrected chi connectivity index (χ0v) is 15.4. The standard InChI is InChI=1S/C17H18N2O4S2/c1-3-4-12(16(22)23)18-14(20)11-7-5-10(6-8-11)9-13-15(21)19(2)17(24)25-13/h5-9,12H,3-4H2,1-2H3,(H,18,20)(H,22,23)/b13-9+/t12-/m0/s1. The minimum atomic E-state index is -1.05. The van der Waals surface area contributed by atoms with Gasteiger partial charge in [-0.15, -0.1) is 0 Å². The summed E-state index contributed by atoms with van der Waals surface area (Å²) in [6.45, 7) is 1.86. The summed E-state index contributed by atoms with van der Waals surface area (Å²) in [7, 11) is 1.63. The van der Waals surface area contributed by atoms with Crippen molar-refractivity contribution in [1.82, 2.24) is 10.2 Å². The highest BCUT2D eigenvalue weighted by atomic mass is 32.2. The van der Waals surface area contributed by atoms with Gasteiger partial charge in [0.25, 0.3) is 11.8 Å². The van der Waals surface area contributed by atoms with Gasteiger partial charge in [-0.3, -0.25) is 14.5 Å². The zero-order valence-electron chi connectivity index (χ0n) is 13.8. The van der Waals surface area contributed by atoms with E-state index in [0.29, 0.717) is 27.6 Å². The topological polar surface area (TPSA) is 86.7 Å². The Morgan fingerprint density at radius 1 is 1.36 bits per heavy atom. The quantitative estimate of drug-likeness (QED) is 0.584. The number of benzene rings is 1. The number of carboxylic acid groups (broad SMARTS) is 1. The highest BCUT2D eigenvalue weighted by molar-refractivity contribution is 8.26. The van der Waals surface area contributed by atoms with E-state index in [4.69, 9.17) is 17.3 Å². The van der Waals surface area contributed by atoms with Crippen LogP contribution >= 0.6 is 24.0 Å². The summed E-state index contributed by atoms with van der Waals surface area (Å²) in [5.41, 5.74) is 1.12. The van der Waals surface area contributed by atoms with E-state index in [1.54, 1.807) is 37.4 Å². The van der Waals surface area contributed by atoms with Crippen molar-refractivity contribution in [3.63, 3.8) is 0 Å². The largest absolute Gasteiger partial charge is 0.480 e. The lowest BCUT2D eigenvalue weighted by Crippen LogP contribution is -2.40. The Kier molecular flexibility index (Phi) is 6.33. The number of rotatable bonds is 6. The van der Waals surface area contributed by atoms with Crippen molar-refractivity contribution in [2.45, 2.75) is 25.8 Å². The first-order valence-corrected chi connectivity index (χ1v) is 8.91. The Morgan fingerprint density at radius 3 is 2.48 bits per heavy atom. The number of hydrogen-bond donors (Lipinski definition) is 2. The summed E-state index contributed by atoms with van der Waals surface area (Å²) < 4.78 is 0.503. The molecule has 2 N–H and O–H groups in total. The summed E-state index contributed by atoms with van der Waals surface area (Å²) in [6.07, 6.45) is 2.74. The van der Waals surface area contributed by atoms with Gasteiger partial charge in [-0.2, -0.15) is 0 Å². The van der Waals surface area contributed by atoms with Crippen molar-refractivity contribution in [3.8, 4) is 0 Å². The van der Waals surface area contributed by atoms with Crippen LogP contribution in [0, 0.1) is 0 Å². The van der Waals surface area contributed by atoms with Crippen LogP contribution in [0.1, 0.15) is 35.7 Å². The first-order chi connectivity index (χ1) is 11.8. The Bertz CT molecular complexity index is 744. The third-order valence-electron chi connectivity index (χ3n) is 3.64. The van der Waals surface area contributed by atoms with Gasteiger partial charge >= 0.3 is 5.97 Å². The SMILES string of the molecule is CCC[C@H](NC(=O)c1ccc(/C=C2/SC(=S)N(C)C2=O)cc1)C(=O)O. The number of amides is 2. The normalized spacial score (nSPS) is 17.0. The fourth-order valence-corrected chi connectivity index (χ4v) is 3.39. The van der Waals surface area contributed by atoms with Crippen LogP contribution in [0.15, 0.2) is 29.2 Å². The molecule has 25 heavy (non-hydrogen) atoms. The minimum Gasteiger partial charge on any atom is -0.480 e. The molecule has 1 heterocycles. The van der Waals surface area contributed by atoms with Crippen molar-refractivity contribution in [1.29, 1.82) is 0 Å². The molecule has 0 aliphatic carbocycles. The number of carbonyl (C=O) groups is 3. The van der Waals surface area contributed by atoms with Crippen LogP contribution in [0.3, 0.4) is 0 Å². The molecule has 2 amide bonds. The molecule has 1 aromatic rings. The van der Waals surface area contributed by atoms with E-state index >= 15 is 0 Å². The molecule has 0 saturated carbocycles. The lowest BCUT2D eigenvalue weighted by Gasteiger charge is -2.13. The Morgan fingerprint density at radius 2 is 2.00 bits per heavy atom. The third kappa shape index (κ3) is 4.67. The monoisotopic (exact) mass is 378 g/mol. The van der Waals surface area contributed by atoms with Gasteiger partial charge in [-0.25, -0.2) is 4.79 Å². The molecule has 8 heteroatoms. The van der Waals surface area contributed by atoms with E-state index in [0.717, 1.165) is 5.56 Å². The highest BCUT2D eigenvalue weighted by Crippen LogP contribution is 2.31. The van der Waals surface area contributed by atoms with Gasteiger partial charge in [0.15, 0.2) is 0 Å². The van der Waals surface area contributed by atoms with E-state index in [1.165, 1.54) is 16.7 Å². The summed E-state index contributed by atoms with van der Waals surface area (Å²) in [5, 5.41) is 11.6. The van der Waals surface area contributed by atoms with Gasteiger partial charge < -0.3 is 10.4 Å². The van der Waals surface area contributed by atoms with Crippen molar-refractivity contribution in [2.24, 2.45) is 0 Å². The van der Waals surface area contributed by atoms with E-state index in [1.807, 2.05) is 6.92 Å². The molecule has 6 nitrogen and oxygen atoms in total. The van der Waals surface area contributed by atoms with Gasteiger partial charge in [0.1, 0.15) is 10.4 Å². The molecule has 0 aromatic heterocycles. The van der Waals surface area contributed by atoms with E-state index in [-0.39, 0.29) is 5.91 Å². The highest BCUT2D eigenvalue weighted by Gasteiger charge is 2.28. The lowest BCUT2D eigenvalue weighted by atomic mass is 10.1. The Balaban J connectivity index is 2.09. The average molecular weight is 378 g/mol. The predicted octanol–water partition coefficient (Wildman–Crippen LogP) is 2.50. The second kappa shape index (κ2) is 8.26. The second-order valence-corrected chi connectivity index (χ2v) is 7.19. The number of nitrogens with one attached hydrogen (secondary N) is 1. The molecule has 1 aliphatic rings. The molecule has 0 unspecified atom stereocenters. The maximum absolute atomic E-state index is 12.2. The van der Waals surface area contributed by atoms with E-state index < -0.39 is 17.9 Å². The smallest absolute Gasteiger partial charge is 0.326 e. The van der Waals surface area contributed by atoms with E-state index in [9.17, 15) is 14.4 Å².